The van der Waals surface area contributed by atoms with E-state index in [1.54, 1.807) is 6.92 Å². The molecule has 0 fully saturated rings. The van der Waals surface area contributed by atoms with E-state index in [2.05, 4.69) is 6.08 Å². The zero-order valence-electron chi connectivity index (χ0n) is 9.02. The minimum Gasteiger partial charge on any atom is -1.00 e. The molecule has 0 saturated carbocycles. The molecule has 1 aliphatic rings. The van der Waals surface area contributed by atoms with Crippen LogP contribution in [0.1, 0.15) is 27.7 Å². The molecule has 83 valence electrons. The Labute approximate surface area is 119 Å². The SMILES string of the molecule is CC1=[C-]C(C)([P+](=O)[O-])C(C)=C1C.[Cl-].[Cl-].[Ti+3]. The molecule has 0 aromatic rings. The van der Waals surface area contributed by atoms with Gasteiger partial charge in [0.2, 0.25) is 0 Å². The molecule has 1 aliphatic carbocycles. The summed E-state index contributed by atoms with van der Waals surface area (Å²) in [4.78, 5) is 11.0. The second-order valence-electron chi connectivity index (χ2n) is 3.33. The molecule has 2 nitrogen and oxygen atoms in total. The average molecular weight is 302 g/mol. The van der Waals surface area contributed by atoms with Crippen molar-refractivity contribution in [3.63, 3.8) is 0 Å². The van der Waals surface area contributed by atoms with Gasteiger partial charge in [0.05, 0.1) is 0 Å². The molecule has 1 radical (unpaired) electrons. The van der Waals surface area contributed by atoms with Crippen molar-refractivity contribution in [2.45, 2.75) is 32.9 Å². The molecule has 0 bridgehead atoms. The maximum absolute atomic E-state index is 11.0. The van der Waals surface area contributed by atoms with Crippen LogP contribution in [0, 0.1) is 6.08 Å². The van der Waals surface area contributed by atoms with Crippen molar-refractivity contribution < 1.29 is 56.0 Å². The van der Waals surface area contributed by atoms with Crippen molar-refractivity contribution >= 4 is 8.03 Å². The summed E-state index contributed by atoms with van der Waals surface area (Å²) in [6.07, 6.45) is 2.98. The van der Waals surface area contributed by atoms with Crippen molar-refractivity contribution in [3.8, 4) is 0 Å². The second-order valence-corrected chi connectivity index (χ2v) is 4.74. The second kappa shape index (κ2) is 7.22. The van der Waals surface area contributed by atoms with Crippen molar-refractivity contribution in [2.75, 3.05) is 0 Å². The zero-order valence-corrected chi connectivity index (χ0v) is 13.0. The van der Waals surface area contributed by atoms with Crippen LogP contribution in [0.15, 0.2) is 16.7 Å². The van der Waals surface area contributed by atoms with Gasteiger partial charge in [-0.25, -0.2) is 11.6 Å². The first-order chi connectivity index (χ1) is 5.39. The van der Waals surface area contributed by atoms with E-state index in [1.807, 2.05) is 20.8 Å². The first kappa shape index (κ1) is 21.2. The van der Waals surface area contributed by atoms with Crippen LogP contribution in [0.25, 0.3) is 0 Å². The topological polar surface area (TPSA) is 40.1 Å². The van der Waals surface area contributed by atoms with Gasteiger partial charge in [-0.1, -0.05) is 18.4 Å². The summed E-state index contributed by atoms with van der Waals surface area (Å²) in [5, 5.41) is -0.858. The molecule has 0 spiro atoms. The summed E-state index contributed by atoms with van der Waals surface area (Å²) in [5.41, 5.74) is 2.90. The van der Waals surface area contributed by atoms with Crippen molar-refractivity contribution in [1.82, 2.24) is 0 Å². The first-order valence-corrected chi connectivity index (χ1v) is 5.02. The van der Waals surface area contributed by atoms with Crippen LogP contribution in [0.4, 0.5) is 0 Å². The van der Waals surface area contributed by atoms with Gasteiger partial charge in [0.1, 0.15) is 5.16 Å². The molecule has 0 aromatic heterocycles. The van der Waals surface area contributed by atoms with E-state index in [1.165, 1.54) is 0 Å². The van der Waals surface area contributed by atoms with Gasteiger partial charge >= 0.3 is 29.7 Å². The Bertz CT molecular complexity index is 315. The van der Waals surface area contributed by atoms with E-state index < -0.39 is 13.2 Å². The number of hydrogen-bond donors (Lipinski definition) is 0. The van der Waals surface area contributed by atoms with Gasteiger partial charge in [0.15, 0.2) is 0 Å². The van der Waals surface area contributed by atoms with E-state index in [0.717, 1.165) is 16.7 Å². The van der Waals surface area contributed by atoms with Gasteiger partial charge in [0.25, 0.3) is 0 Å². The fraction of sp³-hybridized carbons (Fsp3) is 0.556. The first-order valence-electron chi connectivity index (χ1n) is 3.84. The van der Waals surface area contributed by atoms with Crippen LogP contribution in [-0.2, 0) is 26.3 Å². The van der Waals surface area contributed by atoms with E-state index in [-0.39, 0.29) is 46.5 Å². The van der Waals surface area contributed by atoms with E-state index >= 15 is 0 Å². The Balaban J connectivity index is -0.000000480. The fourth-order valence-corrected chi connectivity index (χ4v) is 2.08. The summed E-state index contributed by atoms with van der Waals surface area (Å²) in [5.74, 6) is 0. The Morgan fingerprint density at radius 1 is 1.27 bits per heavy atom. The number of rotatable bonds is 1. The smallest absolute Gasteiger partial charge is 1.00 e. The zero-order chi connectivity index (χ0) is 9.52. The third-order valence-corrected chi connectivity index (χ3v) is 3.83. The standard InChI is InChI=1S/C9H12O2P.2ClH.Ti/c1-6-5-9(4,12(10)11)8(3)7(6)2;;;/h1-4H3;2*1H;/q-1;;;+3/p-2. The minimum absolute atomic E-state index is 0. The molecule has 0 aromatic carbocycles. The summed E-state index contributed by atoms with van der Waals surface area (Å²) < 4.78 is 11.0. The van der Waals surface area contributed by atoms with Gasteiger partial charge in [-0.05, 0) is 6.92 Å². The molecule has 2 unspecified atom stereocenters. The molecule has 0 N–H and O–H groups in total. The maximum atomic E-state index is 11.0. The summed E-state index contributed by atoms with van der Waals surface area (Å²) >= 11 is 0. The molecule has 0 aliphatic heterocycles. The molecule has 0 amide bonds. The van der Waals surface area contributed by atoms with Crippen molar-refractivity contribution in [1.29, 1.82) is 0 Å². The quantitative estimate of drug-likeness (QED) is 0.281. The van der Waals surface area contributed by atoms with Crippen LogP contribution < -0.4 is 29.7 Å². The van der Waals surface area contributed by atoms with Crippen LogP contribution in [0.5, 0.6) is 0 Å². The maximum Gasteiger partial charge on any atom is 3.00 e. The van der Waals surface area contributed by atoms with Crippen LogP contribution in [-0.4, -0.2) is 5.16 Å². The molecule has 0 saturated heterocycles. The molecule has 15 heavy (non-hydrogen) atoms. The third kappa shape index (κ3) is 3.66. The van der Waals surface area contributed by atoms with E-state index in [4.69, 9.17) is 0 Å². The normalized spacial score (nSPS) is 24.6. The van der Waals surface area contributed by atoms with Crippen molar-refractivity contribution in [3.05, 3.63) is 22.8 Å². The molecule has 0 heterocycles. The van der Waals surface area contributed by atoms with Gasteiger partial charge < -0.3 is 29.7 Å². The largest absolute Gasteiger partial charge is 3.00 e. The Hall–Kier alpha value is 0.834. The number of hydrogen-bond acceptors (Lipinski definition) is 2. The third-order valence-electron chi connectivity index (χ3n) is 2.65. The predicted octanol–water partition coefficient (Wildman–Crippen LogP) is -4.05. The summed E-state index contributed by atoms with van der Waals surface area (Å²) in [7, 11) is -2.47. The van der Waals surface area contributed by atoms with Gasteiger partial charge in [-0.2, -0.15) is 5.57 Å². The molecule has 1 rings (SSSR count). The summed E-state index contributed by atoms with van der Waals surface area (Å²) in [6.45, 7) is 7.36. The van der Waals surface area contributed by atoms with Gasteiger partial charge in [0, 0.05) is 0 Å². The van der Waals surface area contributed by atoms with E-state index in [0.29, 0.717) is 0 Å². The number of allylic oxidation sites excluding steroid dienone is 4. The average Bonchev–Trinajstić information content (AvgIpc) is 2.17. The molecule has 2 atom stereocenters. The molecular formula is C9H12Cl2O2PTi. The summed E-state index contributed by atoms with van der Waals surface area (Å²) in [6, 6.07) is 0. The van der Waals surface area contributed by atoms with Crippen LogP contribution in [0.2, 0.25) is 0 Å². The van der Waals surface area contributed by atoms with Crippen LogP contribution >= 0.6 is 8.03 Å². The van der Waals surface area contributed by atoms with Crippen LogP contribution in [0.3, 0.4) is 0 Å². The Morgan fingerprint density at radius 3 is 1.80 bits per heavy atom. The fourth-order valence-electron chi connectivity index (χ4n) is 1.38. The van der Waals surface area contributed by atoms with Crippen molar-refractivity contribution in [2.24, 2.45) is 0 Å². The molecule has 6 heteroatoms. The molecular weight excluding hydrogens is 290 g/mol. The monoisotopic (exact) mass is 301 g/mol. The number of halogens is 2. The van der Waals surface area contributed by atoms with Gasteiger partial charge in [-0.15, -0.1) is 12.5 Å². The Kier molecular flexibility index (Phi) is 10.2. The Morgan fingerprint density at radius 2 is 1.67 bits per heavy atom. The minimum atomic E-state index is -2.47. The van der Waals surface area contributed by atoms with Gasteiger partial charge in [-0.3, -0.25) is 0 Å². The predicted molar refractivity (Wildman–Crippen MR) is 46.8 cm³/mol. The van der Waals surface area contributed by atoms with E-state index in [9.17, 15) is 9.46 Å².